The predicted molar refractivity (Wildman–Crippen MR) is 82.4 cm³/mol. The predicted octanol–water partition coefficient (Wildman–Crippen LogP) is 1.74. The van der Waals surface area contributed by atoms with Crippen molar-refractivity contribution in [2.45, 2.75) is 70.5 Å². The van der Waals surface area contributed by atoms with Crippen LogP contribution in [-0.4, -0.2) is 42.5 Å². The molecular formula is C16H31N3O. The van der Waals surface area contributed by atoms with Gasteiger partial charge in [0.2, 0.25) is 5.91 Å². The maximum atomic E-state index is 12.4. The van der Waals surface area contributed by atoms with Crippen LogP contribution < -0.4 is 11.1 Å². The van der Waals surface area contributed by atoms with E-state index in [1.165, 1.54) is 6.42 Å². The minimum Gasteiger partial charge on any atom is -0.353 e. The first-order chi connectivity index (χ1) is 9.47. The summed E-state index contributed by atoms with van der Waals surface area (Å²) in [4.78, 5) is 14.8. The highest BCUT2D eigenvalue weighted by molar-refractivity contribution is 5.78. The maximum absolute atomic E-state index is 12.4. The van der Waals surface area contributed by atoms with Crippen molar-refractivity contribution in [3.63, 3.8) is 0 Å². The number of hydrogen-bond donors (Lipinski definition) is 2. The summed E-state index contributed by atoms with van der Waals surface area (Å²) in [5.41, 5.74) is 6.04. The zero-order chi connectivity index (χ0) is 14.7. The van der Waals surface area contributed by atoms with Gasteiger partial charge >= 0.3 is 0 Å². The molecule has 1 aliphatic carbocycles. The van der Waals surface area contributed by atoms with Crippen LogP contribution >= 0.6 is 0 Å². The number of nitrogens with two attached hydrogens (primary N) is 1. The number of carbonyl (C=O) groups excluding carboxylic acids is 1. The van der Waals surface area contributed by atoms with Gasteiger partial charge in [-0.1, -0.05) is 13.3 Å². The Morgan fingerprint density at radius 2 is 2.05 bits per heavy atom. The van der Waals surface area contributed by atoms with E-state index in [0.717, 1.165) is 38.6 Å². The molecule has 20 heavy (non-hydrogen) atoms. The minimum atomic E-state index is 0.108. The molecule has 2 rings (SSSR count). The summed E-state index contributed by atoms with van der Waals surface area (Å²) >= 11 is 0. The fraction of sp³-hybridized carbons (Fsp3) is 0.938. The van der Waals surface area contributed by atoms with Crippen LogP contribution in [0.5, 0.6) is 0 Å². The van der Waals surface area contributed by atoms with Crippen LogP contribution in [0.15, 0.2) is 0 Å². The van der Waals surface area contributed by atoms with Crippen molar-refractivity contribution >= 4 is 5.91 Å². The highest BCUT2D eigenvalue weighted by Crippen LogP contribution is 2.29. The Morgan fingerprint density at radius 3 is 2.70 bits per heavy atom. The highest BCUT2D eigenvalue weighted by atomic mass is 16.1. The van der Waals surface area contributed by atoms with Crippen molar-refractivity contribution in [1.82, 2.24) is 10.2 Å². The minimum absolute atomic E-state index is 0.108. The molecule has 0 aromatic carbocycles. The molecule has 0 aromatic rings. The molecule has 1 aliphatic heterocycles. The molecule has 4 heteroatoms. The second-order valence-electron chi connectivity index (χ2n) is 7.03. The molecule has 1 saturated carbocycles. The quantitative estimate of drug-likeness (QED) is 0.828. The summed E-state index contributed by atoms with van der Waals surface area (Å²) < 4.78 is 0. The van der Waals surface area contributed by atoms with Crippen LogP contribution in [0, 0.1) is 11.8 Å². The molecule has 2 fully saturated rings. The van der Waals surface area contributed by atoms with Gasteiger partial charge in [-0.15, -0.1) is 0 Å². The number of nitrogens with zero attached hydrogens (tertiary/aromatic N) is 1. The number of rotatable bonds is 3. The van der Waals surface area contributed by atoms with Crippen molar-refractivity contribution in [2.24, 2.45) is 17.6 Å². The number of amides is 1. The van der Waals surface area contributed by atoms with E-state index in [-0.39, 0.29) is 11.8 Å². The van der Waals surface area contributed by atoms with Crippen molar-refractivity contribution in [1.29, 1.82) is 0 Å². The Balaban J connectivity index is 1.81. The van der Waals surface area contributed by atoms with E-state index in [1.54, 1.807) is 0 Å². The Bertz CT molecular complexity index is 334. The van der Waals surface area contributed by atoms with Gasteiger partial charge in [0.25, 0.3) is 0 Å². The van der Waals surface area contributed by atoms with Crippen LogP contribution in [0.25, 0.3) is 0 Å². The lowest BCUT2D eigenvalue weighted by molar-refractivity contribution is -0.127. The van der Waals surface area contributed by atoms with Crippen molar-refractivity contribution in [3.05, 3.63) is 0 Å². The normalized spacial score (nSPS) is 37.4. The van der Waals surface area contributed by atoms with Crippen LogP contribution in [0.1, 0.15) is 52.4 Å². The Kier molecular flexibility index (Phi) is 5.44. The monoisotopic (exact) mass is 281 g/mol. The number of hydrogen-bond acceptors (Lipinski definition) is 3. The van der Waals surface area contributed by atoms with E-state index in [2.05, 4.69) is 31.1 Å². The van der Waals surface area contributed by atoms with E-state index >= 15 is 0 Å². The smallest absolute Gasteiger partial charge is 0.223 e. The first-order valence-electron chi connectivity index (χ1n) is 8.23. The molecule has 2 aliphatic rings. The molecule has 116 valence electrons. The molecule has 1 amide bonds. The average Bonchev–Trinajstić information content (AvgIpc) is 2.42. The van der Waals surface area contributed by atoms with E-state index in [1.807, 2.05) is 0 Å². The lowest BCUT2D eigenvalue weighted by atomic mass is 9.78. The first-order valence-corrected chi connectivity index (χ1v) is 8.23. The molecule has 0 aromatic heterocycles. The fourth-order valence-electron chi connectivity index (χ4n) is 3.69. The molecule has 3 N–H and O–H groups in total. The zero-order valence-electron chi connectivity index (χ0n) is 13.3. The van der Waals surface area contributed by atoms with Gasteiger partial charge in [-0.3, -0.25) is 4.79 Å². The van der Waals surface area contributed by atoms with Crippen LogP contribution in [0.3, 0.4) is 0 Å². The van der Waals surface area contributed by atoms with Gasteiger partial charge in [0.05, 0.1) is 0 Å². The topological polar surface area (TPSA) is 58.4 Å². The largest absolute Gasteiger partial charge is 0.353 e. The molecular weight excluding hydrogens is 250 g/mol. The van der Waals surface area contributed by atoms with Gasteiger partial charge in [-0.2, -0.15) is 0 Å². The van der Waals surface area contributed by atoms with E-state index in [9.17, 15) is 4.79 Å². The molecule has 1 heterocycles. The number of likely N-dealkylation sites (tertiary alicyclic amines) is 1. The highest BCUT2D eigenvalue weighted by Gasteiger charge is 2.31. The Labute approximate surface area is 123 Å². The third-order valence-corrected chi connectivity index (χ3v) is 5.43. The van der Waals surface area contributed by atoms with Crippen LogP contribution in [0.4, 0.5) is 0 Å². The molecule has 5 atom stereocenters. The summed E-state index contributed by atoms with van der Waals surface area (Å²) in [7, 11) is 2.16. The Morgan fingerprint density at radius 1 is 1.30 bits per heavy atom. The molecule has 4 nitrogen and oxygen atoms in total. The second-order valence-corrected chi connectivity index (χ2v) is 7.03. The lowest BCUT2D eigenvalue weighted by Crippen LogP contribution is -2.49. The fourth-order valence-corrected chi connectivity index (χ4v) is 3.69. The van der Waals surface area contributed by atoms with Gasteiger partial charge in [0, 0.05) is 30.6 Å². The van der Waals surface area contributed by atoms with Gasteiger partial charge in [-0.25, -0.2) is 0 Å². The standard InChI is InChI=1S/C16H31N3O/c1-11-9-15(7-8-19(11)3)18-16(20)12(2)13-5-4-6-14(17)10-13/h11-15H,4-10,17H2,1-3H3,(H,18,20). The van der Waals surface area contributed by atoms with Crippen molar-refractivity contribution in [3.8, 4) is 0 Å². The van der Waals surface area contributed by atoms with Crippen molar-refractivity contribution < 1.29 is 4.79 Å². The molecule has 1 saturated heterocycles. The number of piperidine rings is 1. The Hall–Kier alpha value is -0.610. The summed E-state index contributed by atoms with van der Waals surface area (Å²) in [5.74, 6) is 0.824. The van der Waals surface area contributed by atoms with Crippen LogP contribution in [0.2, 0.25) is 0 Å². The average molecular weight is 281 g/mol. The summed E-state index contributed by atoms with van der Waals surface area (Å²) in [6.45, 7) is 5.40. The van der Waals surface area contributed by atoms with E-state index < -0.39 is 0 Å². The third-order valence-electron chi connectivity index (χ3n) is 5.43. The van der Waals surface area contributed by atoms with Crippen LogP contribution in [-0.2, 0) is 4.79 Å². The molecule has 0 spiro atoms. The van der Waals surface area contributed by atoms with E-state index in [0.29, 0.717) is 24.0 Å². The second kappa shape index (κ2) is 6.90. The summed E-state index contributed by atoms with van der Waals surface area (Å²) in [5, 5.41) is 3.28. The first kappa shape index (κ1) is 15.8. The van der Waals surface area contributed by atoms with Gasteiger partial charge in [0.1, 0.15) is 0 Å². The summed E-state index contributed by atoms with van der Waals surface area (Å²) in [6.07, 6.45) is 6.61. The van der Waals surface area contributed by atoms with E-state index in [4.69, 9.17) is 5.73 Å². The third kappa shape index (κ3) is 3.95. The summed E-state index contributed by atoms with van der Waals surface area (Å²) in [6, 6.07) is 1.22. The lowest BCUT2D eigenvalue weighted by Gasteiger charge is -2.37. The van der Waals surface area contributed by atoms with Gasteiger partial charge in [-0.05, 0) is 52.0 Å². The van der Waals surface area contributed by atoms with Gasteiger partial charge in [0.15, 0.2) is 0 Å². The zero-order valence-corrected chi connectivity index (χ0v) is 13.3. The van der Waals surface area contributed by atoms with Gasteiger partial charge < -0.3 is 16.0 Å². The van der Waals surface area contributed by atoms with Crippen molar-refractivity contribution in [2.75, 3.05) is 13.6 Å². The molecule has 0 bridgehead atoms. The molecule has 5 unspecified atom stereocenters. The number of carbonyl (C=O) groups is 1. The number of nitrogens with one attached hydrogen (secondary N) is 1. The molecule has 0 radical (unpaired) electrons. The maximum Gasteiger partial charge on any atom is 0.223 e. The SMILES string of the molecule is CC(C(=O)NC1CCN(C)C(C)C1)C1CCCC(N)C1.